The first-order valence-corrected chi connectivity index (χ1v) is 7.69. The van der Waals surface area contributed by atoms with Crippen LogP contribution in [0.1, 0.15) is 36.8 Å². The summed E-state index contributed by atoms with van der Waals surface area (Å²) in [5.41, 5.74) is 1.68. The van der Waals surface area contributed by atoms with Crippen LogP contribution in [0.3, 0.4) is 0 Å². The number of rotatable bonds is 5. The molecule has 4 nitrogen and oxygen atoms in total. The van der Waals surface area contributed by atoms with Crippen molar-refractivity contribution < 1.29 is 14.7 Å². The van der Waals surface area contributed by atoms with E-state index in [-0.39, 0.29) is 18.2 Å². The van der Waals surface area contributed by atoms with Crippen LogP contribution < -0.4 is 5.32 Å². The molecule has 1 amide bonds. The third-order valence-electron chi connectivity index (χ3n) is 4.99. The normalized spacial score (nSPS) is 26.8. The van der Waals surface area contributed by atoms with Crippen molar-refractivity contribution in [1.82, 2.24) is 5.32 Å². The maximum absolute atomic E-state index is 12.3. The lowest BCUT2D eigenvalue weighted by Gasteiger charge is -2.21. The number of carboxylic acid groups (broad SMARTS) is 1. The molecule has 0 aromatic heterocycles. The van der Waals surface area contributed by atoms with Crippen molar-refractivity contribution in [1.29, 1.82) is 0 Å². The Morgan fingerprint density at radius 1 is 1.14 bits per heavy atom. The molecule has 3 atom stereocenters. The molecular formula is C17H21NO3. The van der Waals surface area contributed by atoms with Crippen LogP contribution in [0.2, 0.25) is 0 Å². The predicted octanol–water partition coefficient (Wildman–Crippen LogP) is 2.37. The summed E-state index contributed by atoms with van der Waals surface area (Å²) in [6, 6.07) is 7.41. The zero-order chi connectivity index (χ0) is 14.8. The number of nitrogens with one attached hydrogen (secondary N) is 1. The number of aliphatic carboxylic acids is 1. The molecule has 3 unspecified atom stereocenters. The fraction of sp³-hybridized carbons (Fsp3) is 0.529. The van der Waals surface area contributed by atoms with E-state index >= 15 is 0 Å². The van der Waals surface area contributed by atoms with Crippen LogP contribution in [0.25, 0.3) is 0 Å². The Labute approximate surface area is 124 Å². The van der Waals surface area contributed by atoms with E-state index in [0.29, 0.717) is 12.5 Å². The lowest BCUT2D eigenvalue weighted by Crippen LogP contribution is -2.33. The third kappa shape index (κ3) is 3.09. The molecule has 0 radical (unpaired) electrons. The van der Waals surface area contributed by atoms with E-state index < -0.39 is 5.97 Å². The topological polar surface area (TPSA) is 66.4 Å². The summed E-state index contributed by atoms with van der Waals surface area (Å²) in [4.78, 5) is 23.2. The number of carbonyl (C=O) groups excluding carboxylic acids is 1. The molecule has 2 saturated carbocycles. The van der Waals surface area contributed by atoms with Crippen LogP contribution in [-0.4, -0.2) is 17.0 Å². The first kappa shape index (κ1) is 14.1. The first-order valence-electron chi connectivity index (χ1n) is 7.69. The monoisotopic (exact) mass is 287 g/mol. The summed E-state index contributed by atoms with van der Waals surface area (Å²) >= 11 is 0. The summed E-state index contributed by atoms with van der Waals surface area (Å²) in [5.74, 6) is 0.805. The van der Waals surface area contributed by atoms with Crippen molar-refractivity contribution in [3.05, 3.63) is 35.4 Å². The summed E-state index contributed by atoms with van der Waals surface area (Å²) in [6.07, 6.45) is 4.73. The molecule has 1 aromatic rings. The Morgan fingerprint density at radius 2 is 1.90 bits per heavy atom. The van der Waals surface area contributed by atoms with Gasteiger partial charge >= 0.3 is 5.97 Å². The Morgan fingerprint density at radius 3 is 2.52 bits per heavy atom. The van der Waals surface area contributed by atoms with Crippen LogP contribution in [0.4, 0.5) is 0 Å². The second kappa shape index (κ2) is 5.88. The lowest BCUT2D eigenvalue weighted by molar-refractivity contribution is -0.136. The molecule has 4 heteroatoms. The minimum Gasteiger partial charge on any atom is -0.481 e. The van der Waals surface area contributed by atoms with Gasteiger partial charge in [-0.05, 0) is 42.2 Å². The Hall–Kier alpha value is -1.84. The quantitative estimate of drug-likeness (QED) is 0.873. The van der Waals surface area contributed by atoms with E-state index in [0.717, 1.165) is 23.5 Å². The highest BCUT2D eigenvalue weighted by molar-refractivity contribution is 5.79. The van der Waals surface area contributed by atoms with Gasteiger partial charge in [0.15, 0.2) is 0 Å². The average molecular weight is 287 g/mol. The second-order valence-corrected chi connectivity index (χ2v) is 6.34. The maximum atomic E-state index is 12.3. The number of carboxylic acids is 1. The van der Waals surface area contributed by atoms with Crippen LogP contribution >= 0.6 is 0 Å². The number of hydrogen-bond acceptors (Lipinski definition) is 2. The third-order valence-corrected chi connectivity index (χ3v) is 4.99. The van der Waals surface area contributed by atoms with Crippen molar-refractivity contribution in [3.63, 3.8) is 0 Å². The maximum Gasteiger partial charge on any atom is 0.307 e. The van der Waals surface area contributed by atoms with E-state index in [1.165, 1.54) is 19.3 Å². The molecule has 21 heavy (non-hydrogen) atoms. The van der Waals surface area contributed by atoms with E-state index in [9.17, 15) is 9.59 Å². The standard InChI is InChI=1S/C17H21NO3/c19-16(20)9-12-3-1-2-4-14(12)10-18-17(21)15-8-11-5-6-13(15)7-11/h1-4,11,13,15H,5-10H2,(H,18,21)(H,19,20). The van der Waals surface area contributed by atoms with Crippen LogP contribution in [0.5, 0.6) is 0 Å². The van der Waals surface area contributed by atoms with Crippen molar-refractivity contribution >= 4 is 11.9 Å². The molecule has 112 valence electrons. The van der Waals surface area contributed by atoms with Crippen molar-refractivity contribution in [3.8, 4) is 0 Å². The molecule has 0 heterocycles. The van der Waals surface area contributed by atoms with Crippen LogP contribution in [0.15, 0.2) is 24.3 Å². The van der Waals surface area contributed by atoms with Gasteiger partial charge in [-0.25, -0.2) is 0 Å². The molecule has 3 rings (SSSR count). The Kier molecular flexibility index (Phi) is 3.95. The minimum absolute atomic E-state index is 0.000170. The van der Waals surface area contributed by atoms with Gasteiger partial charge < -0.3 is 10.4 Å². The zero-order valence-electron chi connectivity index (χ0n) is 12.0. The smallest absolute Gasteiger partial charge is 0.307 e. The highest BCUT2D eigenvalue weighted by atomic mass is 16.4. The van der Waals surface area contributed by atoms with Gasteiger partial charge in [0, 0.05) is 12.5 Å². The van der Waals surface area contributed by atoms with E-state index in [1.54, 1.807) is 0 Å². The second-order valence-electron chi connectivity index (χ2n) is 6.34. The van der Waals surface area contributed by atoms with Gasteiger partial charge in [-0.3, -0.25) is 9.59 Å². The number of hydrogen-bond donors (Lipinski definition) is 2. The predicted molar refractivity (Wildman–Crippen MR) is 78.6 cm³/mol. The summed E-state index contributed by atoms with van der Waals surface area (Å²) in [7, 11) is 0. The van der Waals surface area contributed by atoms with Gasteiger partial charge in [-0.1, -0.05) is 30.7 Å². The molecule has 1 aromatic carbocycles. The molecule has 2 N–H and O–H groups in total. The highest BCUT2D eigenvalue weighted by Gasteiger charge is 2.42. The van der Waals surface area contributed by atoms with Gasteiger partial charge in [0.05, 0.1) is 6.42 Å². The van der Waals surface area contributed by atoms with E-state index in [1.807, 2.05) is 24.3 Å². The number of amides is 1. The van der Waals surface area contributed by atoms with Crippen LogP contribution in [0, 0.1) is 17.8 Å². The Bertz CT molecular complexity index is 555. The van der Waals surface area contributed by atoms with Crippen molar-refractivity contribution in [2.24, 2.45) is 17.8 Å². The molecule has 0 aliphatic heterocycles. The lowest BCUT2D eigenvalue weighted by atomic mass is 9.88. The van der Waals surface area contributed by atoms with Gasteiger partial charge in [-0.2, -0.15) is 0 Å². The summed E-state index contributed by atoms with van der Waals surface area (Å²) < 4.78 is 0. The number of fused-ring (bicyclic) bond motifs is 2. The molecule has 0 saturated heterocycles. The fourth-order valence-corrected chi connectivity index (χ4v) is 3.94. The van der Waals surface area contributed by atoms with Crippen LogP contribution in [-0.2, 0) is 22.6 Å². The highest BCUT2D eigenvalue weighted by Crippen LogP contribution is 2.48. The molecule has 2 aliphatic rings. The first-order chi connectivity index (χ1) is 10.1. The van der Waals surface area contributed by atoms with Gasteiger partial charge in [0.2, 0.25) is 5.91 Å². The molecule has 2 aliphatic carbocycles. The fourth-order valence-electron chi connectivity index (χ4n) is 3.94. The molecule has 2 fully saturated rings. The molecule has 2 bridgehead atoms. The largest absolute Gasteiger partial charge is 0.481 e. The SMILES string of the molecule is O=C(O)Cc1ccccc1CNC(=O)C1CC2CCC1C2. The minimum atomic E-state index is -0.845. The number of benzene rings is 1. The zero-order valence-corrected chi connectivity index (χ0v) is 12.0. The van der Waals surface area contributed by atoms with Crippen molar-refractivity contribution in [2.45, 2.75) is 38.6 Å². The molecular weight excluding hydrogens is 266 g/mol. The van der Waals surface area contributed by atoms with Gasteiger partial charge in [0.1, 0.15) is 0 Å². The van der Waals surface area contributed by atoms with Gasteiger partial charge in [0.25, 0.3) is 0 Å². The summed E-state index contributed by atoms with van der Waals surface area (Å²) in [5, 5.41) is 11.9. The molecule has 0 spiro atoms. The van der Waals surface area contributed by atoms with Crippen molar-refractivity contribution in [2.75, 3.05) is 0 Å². The van der Waals surface area contributed by atoms with E-state index in [2.05, 4.69) is 5.32 Å². The van der Waals surface area contributed by atoms with E-state index in [4.69, 9.17) is 5.11 Å². The Balaban J connectivity index is 1.60. The summed E-state index contributed by atoms with van der Waals surface area (Å²) in [6.45, 7) is 0.427. The van der Waals surface area contributed by atoms with Gasteiger partial charge in [-0.15, -0.1) is 0 Å². The number of carbonyl (C=O) groups is 2. The average Bonchev–Trinajstić information content (AvgIpc) is 3.08.